The monoisotopic (exact) mass is 500 g/mol. The van der Waals surface area contributed by atoms with Crippen molar-refractivity contribution in [3.63, 3.8) is 0 Å². The minimum atomic E-state index is -0.118. The lowest BCUT2D eigenvalue weighted by molar-refractivity contribution is -0.141. The Hall–Kier alpha value is -3.62. The van der Waals surface area contributed by atoms with Crippen molar-refractivity contribution in [1.82, 2.24) is 20.3 Å². The van der Waals surface area contributed by atoms with Gasteiger partial charge >= 0.3 is 0 Å². The van der Waals surface area contributed by atoms with Gasteiger partial charge in [-0.25, -0.2) is 0 Å². The molecule has 2 aromatic heterocycles. The maximum atomic E-state index is 13.5. The SMILES string of the molecule is CC(C)Cc1cc(N2C[C@@H]3C[C@H]2CN3C(=O)C2CC3(Cc4cc(-c5ccccc5O)nnc4N3)C2)no1. The van der Waals surface area contributed by atoms with Crippen molar-refractivity contribution >= 4 is 17.5 Å². The van der Waals surface area contributed by atoms with E-state index in [0.717, 1.165) is 68.2 Å². The molecular weight excluding hydrogens is 468 g/mol. The van der Waals surface area contributed by atoms with E-state index in [1.54, 1.807) is 12.1 Å². The number of nitrogens with zero attached hydrogens (tertiary/aromatic N) is 5. The normalized spacial score (nSPS) is 27.6. The van der Waals surface area contributed by atoms with Crippen molar-refractivity contribution in [3.8, 4) is 17.0 Å². The largest absolute Gasteiger partial charge is 0.507 e. The lowest BCUT2D eigenvalue weighted by atomic mass is 9.66. The van der Waals surface area contributed by atoms with Crippen LogP contribution in [0.3, 0.4) is 0 Å². The molecule has 2 bridgehead atoms. The molecule has 2 atom stereocenters. The van der Waals surface area contributed by atoms with E-state index in [-0.39, 0.29) is 29.2 Å². The highest BCUT2D eigenvalue weighted by molar-refractivity contribution is 5.82. The molecule has 7 rings (SSSR count). The summed E-state index contributed by atoms with van der Waals surface area (Å²) in [5.74, 6) is 3.71. The highest BCUT2D eigenvalue weighted by Crippen LogP contribution is 2.49. The van der Waals surface area contributed by atoms with Crippen molar-refractivity contribution in [2.24, 2.45) is 11.8 Å². The van der Waals surface area contributed by atoms with Gasteiger partial charge in [0.1, 0.15) is 11.5 Å². The number of benzene rings is 1. The van der Waals surface area contributed by atoms with Gasteiger partial charge in [0.25, 0.3) is 0 Å². The molecule has 192 valence electrons. The maximum absolute atomic E-state index is 13.5. The molecule has 2 saturated heterocycles. The van der Waals surface area contributed by atoms with E-state index in [1.807, 2.05) is 18.2 Å². The first kappa shape index (κ1) is 22.6. The number of carbonyl (C=O) groups is 1. The molecule has 1 saturated carbocycles. The highest BCUT2D eigenvalue weighted by atomic mass is 16.5. The zero-order chi connectivity index (χ0) is 25.3. The maximum Gasteiger partial charge on any atom is 0.226 e. The molecule has 9 heteroatoms. The molecule has 1 amide bonds. The van der Waals surface area contributed by atoms with Crippen LogP contribution in [-0.2, 0) is 17.6 Å². The van der Waals surface area contributed by atoms with Crippen LogP contribution in [0.1, 0.15) is 44.4 Å². The van der Waals surface area contributed by atoms with Gasteiger partial charge in [-0.2, -0.15) is 0 Å². The number of likely N-dealkylation sites (tertiary alicyclic amines) is 1. The number of aromatic nitrogens is 3. The molecule has 3 fully saturated rings. The second kappa shape index (κ2) is 8.19. The molecule has 3 aromatic rings. The number of aromatic hydroxyl groups is 1. The predicted octanol–water partition coefficient (Wildman–Crippen LogP) is 3.64. The van der Waals surface area contributed by atoms with E-state index in [1.165, 1.54) is 0 Å². The summed E-state index contributed by atoms with van der Waals surface area (Å²) in [7, 11) is 0. The van der Waals surface area contributed by atoms with Crippen LogP contribution in [0, 0.1) is 11.8 Å². The Morgan fingerprint density at radius 3 is 2.78 bits per heavy atom. The number of carbonyl (C=O) groups excluding carboxylic acids is 1. The number of phenolic OH excluding ortho intramolecular Hbond substituents is 1. The van der Waals surface area contributed by atoms with Crippen LogP contribution in [-0.4, -0.2) is 62.0 Å². The quantitative estimate of drug-likeness (QED) is 0.547. The van der Waals surface area contributed by atoms with Crippen LogP contribution in [0.25, 0.3) is 11.3 Å². The van der Waals surface area contributed by atoms with E-state index < -0.39 is 0 Å². The summed E-state index contributed by atoms with van der Waals surface area (Å²) >= 11 is 0. The van der Waals surface area contributed by atoms with Gasteiger partial charge in [0.2, 0.25) is 5.91 Å². The van der Waals surface area contributed by atoms with Gasteiger partial charge < -0.3 is 24.7 Å². The molecule has 9 nitrogen and oxygen atoms in total. The van der Waals surface area contributed by atoms with Crippen LogP contribution < -0.4 is 10.2 Å². The molecule has 1 aliphatic carbocycles. The number of hydrogen-bond acceptors (Lipinski definition) is 8. The van der Waals surface area contributed by atoms with Crippen LogP contribution in [0.15, 0.2) is 40.9 Å². The fourth-order valence-electron chi connectivity index (χ4n) is 6.84. The Labute approximate surface area is 215 Å². The van der Waals surface area contributed by atoms with E-state index >= 15 is 0 Å². The number of anilines is 2. The summed E-state index contributed by atoms with van der Waals surface area (Å²) in [4.78, 5) is 17.9. The summed E-state index contributed by atoms with van der Waals surface area (Å²) < 4.78 is 5.55. The molecule has 5 heterocycles. The Kier molecular flexibility index (Phi) is 5.00. The Bertz CT molecular complexity index is 1360. The van der Waals surface area contributed by atoms with Crippen molar-refractivity contribution in [1.29, 1.82) is 0 Å². The summed E-state index contributed by atoms with van der Waals surface area (Å²) in [6.07, 6.45) is 4.35. The molecule has 37 heavy (non-hydrogen) atoms. The third-order valence-corrected chi connectivity index (χ3v) is 8.56. The predicted molar refractivity (Wildman–Crippen MR) is 138 cm³/mol. The molecule has 1 spiro atoms. The molecule has 2 N–H and O–H groups in total. The minimum absolute atomic E-state index is 0.0462. The lowest BCUT2D eigenvalue weighted by Gasteiger charge is -2.47. The average molecular weight is 501 g/mol. The van der Waals surface area contributed by atoms with Crippen LogP contribution >= 0.6 is 0 Å². The smallest absolute Gasteiger partial charge is 0.226 e. The van der Waals surface area contributed by atoms with Crippen LogP contribution in [0.5, 0.6) is 5.75 Å². The van der Waals surface area contributed by atoms with Crippen molar-refractivity contribution in [3.05, 3.63) is 47.7 Å². The Morgan fingerprint density at radius 1 is 1.19 bits per heavy atom. The van der Waals surface area contributed by atoms with Crippen molar-refractivity contribution in [2.45, 2.75) is 63.6 Å². The number of hydrogen-bond donors (Lipinski definition) is 2. The molecule has 0 radical (unpaired) electrons. The summed E-state index contributed by atoms with van der Waals surface area (Å²) in [5, 5.41) is 26.8. The third kappa shape index (κ3) is 3.74. The van der Waals surface area contributed by atoms with Gasteiger partial charge in [0.15, 0.2) is 11.6 Å². The van der Waals surface area contributed by atoms with Crippen LogP contribution in [0.4, 0.5) is 11.6 Å². The van der Waals surface area contributed by atoms with Gasteiger partial charge in [0, 0.05) is 48.2 Å². The second-order valence-corrected chi connectivity index (χ2v) is 11.7. The third-order valence-electron chi connectivity index (χ3n) is 8.56. The van der Waals surface area contributed by atoms with Crippen molar-refractivity contribution < 1.29 is 14.4 Å². The molecule has 0 unspecified atom stereocenters. The Balaban J connectivity index is 0.975. The fourth-order valence-corrected chi connectivity index (χ4v) is 6.84. The van der Waals surface area contributed by atoms with E-state index in [9.17, 15) is 9.90 Å². The molecule has 1 aromatic carbocycles. The first-order valence-corrected chi connectivity index (χ1v) is 13.3. The minimum Gasteiger partial charge on any atom is -0.507 e. The van der Waals surface area contributed by atoms with Gasteiger partial charge in [-0.05, 0) is 49.8 Å². The summed E-state index contributed by atoms with van der Waals surface area (Å²) in [6.45, 7) is 5.95. The number of fused-ring (bicyclic) bond motifs is 3. The topological polar surface area (TPSA) is 108 Å². The second-order valence-electron chi connectivity index (χ2n) is 11.7. The number of piperazine rings is 1. The van der Waals surface area contributed by atoms with Gasteiger partial charge in [-0.1, -0.05) is 31.1 Å². The number of nitrogens with one attached hydrogen (secondary N) is 1. The van der Waals surface area contributed by atoms with Gasteiger partial charge in [-0.15, -0.1) is 10.2 Å². The van der Waals surface area contributed by atoms with Crippen LogP contribution in [0.2, 0.25) is 0 Å². The number of amides is 1. The zero-order valence-electron chi connectivity index (χ0n) is 21.2. The van der Waals surface area contributed by atoms with Crippen molar-refractivity contribution in [2.75, 3.05) is 23.3 Å². The first-order chi connectivity index (χ1) is 17.9. The average Bonchev–Trinajstić information content (AvgIpc) is 3.63. The number of para-hydroxylation sites is 1. The van der Waals surface area contributed by atoms with Gasteiger partial charge in [-0.3, -0.25) is 4.79 Å². The van der Waals surface area contributed by atoms with E-state index in [4.69, 9.17) is 4.52 Å². The molecular formula is C28H32N6O3. The Morgan fingerprint density at radius 2 is 2.03 bits per heavy atom. The molecule has 3 aliphatic heterocycles. The fraction of sp³-hybridized carbons (Fsp3) is 0.500. The van der Waals surface area contributed by atoms with Gasteiger partial charge in [0.05, 0.1) is 17.8 Å². The summed E-state index contributed by atoms with van der Waals surface area (Å²) in [5.41, 5.74) is 2.33. The lowest BCUT2D eigenvalue weighted by Crippen LogP contribution is -2.57. The standard InChI is InChI=1S/C28H32N6O3/c1-16(2)7-21-10-25(32-37-21)33-14-20-9-19(33)15-34(20)27(36)18-12-28(13-18)11-17-8-23(30-31-26(17)29-28)22-5-3-4-6-24(22)35/h3-6,8,10,16,18-20,35H,7,9,11-15H2,1-2H3,(H,29,31)/t18?,19-,20-,28?/m0/s1. The number of phenols is 1. The first-order valence-electron chi connectivity index (χ1n) is 13.3. The van der Waals surface area contributed by atoms with E-state index in [2.05, 4.69) is 50.4 Å². The van der Waals surface area contributed by atoms with E-state index in [0.29, 0.717) is 23.2 Å². The number of rotatable bonds is 5. The zero-order valence-corrected chi connectivity index (χ0v) is 21.2. The highest BCUT2D eigenvalue weighted by Gasteiger charge is 2.55. The summed E-state index contributed by atoms with van der Waals surface area (Å²) in [6, 6.07) is 11.8. The molecule has 4 aliphatic rings.